The Morgan fingerprint density at radius 3 is 2.17 bits per heavy atom. The Labute approximate surface area is 220 Å². The predicted molar refractivity (Wildman–Crippen MR) is 149 cm³/mol. The number of nitrogens with zero attached hydrogens (tertiary/aromatic N) is 1. The van der Waals surface area contributed by atoms with Crippen LogP contribution in [-0.2, 0) is 11.2 Å². The molecule has 1 unspecified atom stereocenters. The zero-order valence-corrected chi connectivity index (χ0v) is 23.2. The minimum absolute atomic E-state index is 0.0740. The Bertz CT molecular complexity index is 747. The predicted octanol–water partition coefficient (Wildman–Crippen LogP) is 6.92. The summed E-state index contributed by atoms with van der Waals surface area (Å²) in [5, 5.41) is 3.41. The maximum atomic E-state index is 13.1. The van der Waals surface area contributed by atoms with Crippen LogP contribution in [0.15, 0.2) is 18.2 Å². The molecule has 3 rings (SSSR count). The number of unbranched alkanes of at least 4 members (excludes halogenated alkanes) is 10. The maximum Gasteiger partial charge on any atom is 0.223 e. The second-order valence-corrected chi connectivity index (χ2v) is 11.1. The van der Waals surface area contributed by atoms with Gasteiger partial charge in [0.2, 0.25) is 5.91 Å². The summed E-state index contributed by atoms with van der Waals surface area (Å²) in [6, 6.07) is 6.34. The first-order valence-electron chi connectivity index (χ1n) is 15.1. The molecule has 5 heteroatoms. The fourth-order valence-corrected chi connectivity index (χ4v) is 5.53. The highest BCUT2D eigenvalue weighted by Gasteiger charge is 2.23. The van der Waals surface area contributed by atoms with E-state index in [1.807, 2.05) is 6.07 Å². The van der Waals surface area contributed by atoms with Crippen LogP contribution in [0.4, 0.5) is 0 Å². The average molecular weight is 501 g/mol. The lowest BCUT2D eigenvalue weighted by Crippen LogP contribution is -2.46. The molecule has 2 aliphatic heterocycles. The minimum Gasteiger partial charge on any atom is -0.486 e. The summed E-state index contributed by atoms with van der Waals surface area (Å²) in [7, 11) is 0. The van der Waals surface area contributed by atoms with E-state index < -0.39 is 0 Å². The van der Waals surface area contributed by atoms with Crippen LogP contribution >= 0.6 is 0 Å². The van der Waals surface area contributed by atoms with Gasteiger partial charge in [0.1, 0.15) is 13.2 Å². The number of rotatable bonds is 18. The minimum atomic E-state index is 0.0740. The lowest BCUT2D eigenvalue weighted by Gasteiger charge is -2.26. The van der Waals surface area contributed by atoms with Crippen molar-refractivity contribution in [1.29, 1.82) is 0 Å². The Hall–Kier alpha value is -1.75. The Balaban J connectivity index is 1.36. The van der Waals surface area contributed by atoms with Crippen LogP contribution in [-0.4, -0.2) is 49.7 Å². The van der Waals surface area contributed by atoms with Gasteiger partial charge in [-0.25, -0.2) is 0 Å². The van der Waals surface area contributed by atoms with Crippen LogP contribution in [0.25, 0.3) is 0 Å². The number of carbonyl (C=O) groups is 1. The summed E-state index contributed by atoms with van der Waals surface area (Å²) in [4.78, 5) is 15.6. The van der Waals surface area contributed by atoms with Gasteiger partial charge >= 0.3 is 0 Å². The lowest BCUT2D eigenvalue weighted by molar-refractivity contribution is -0.125. The summed E-state index contributed by atoms with van der Waals surface area (Å²) in [5.41, 5.74) is 1.20. The number of carbonyl (C=O) groups excluding carboxylic acids is 1. The third kappa shape index (κ3) is 10.7. The standard InChI is InChI=1S/C31H52N2O3/c1-3-4-5-6-7-8-9-10-11-12-13-16-26(2)31(34)32-28(25-33-19-14-15-20-33)23-27-17-18-29-30(24-27)36-22-21-35-29/h17-18,24,26,28H,3-16,19-23,25H2,1-2H3,(H,32,34)/t26?,28-/m1/s1. The van der Waals surface area contributed by atoms with Gasteiger partial charge in [-0.15, -0.1) is 0 Å². The molecule has 2 heterocycles. The normalized spacial score (nSPS) is 17.2. The van der Waals surface area contributed by atoms with Gasteiger partial charge in [-0.1, -0.05) is 90.5 Å². The van der Waals surface area contributed by atoms with Crippen LogP contribution in [0.1, 0.15) is 109 Å². The van der Waals surface area contributed by atoms with Crippen molar-refractivity contribution in [3.8, 4) is 11.5 Å². The van der Waals surface area contributed by atoms with Crippen molar-refractivity contribution < 1.29 is 14.3 Å². The smallest absolute Gasteiger partial charge is 0.223 e. The van der Waals surface area contributed by atoms with Crippen molar-refractivity contribution in [2.45, 2.75) is 116 Å². The number of ether oxygens (including phenoxy) is 2. The van der Waals surface area contributed by atoms with Crippen molar-refractivity contribution in [2.24, 2.45) is 5.92 Å². The Kier molecular flexibility index (Phi) is 13.5. The monoisotopic (exact) mass is 500 g/mol. The molecule has 1 fully saturated rings. The fraction of sp³-hybridized carbons (Fsp3) is 0.774. The summed E-state index contributed by atoms with van der Waals surface area (Å²) >= 11 is 0. The highest BCUT2D eigenvalue weighted by atomic mass is 16.6. The van der Waals surface area contributed by atoms with E-state index >= 15 is 0 Å². The van der Waals surface area contributed by atoms with Gasteiger partial charge in [0.25, 0.3) is 0 Å². The number of benzene rings is 1. The highest BCUT2D eigenvalue weighted by Crippen LogP contribution is 2.31. The molecular formula is C31H52N2O3. The molecular weight excluding hydrogens is 448 g/mol. The third-order valence-corrected chi connectivity index (χ3v) is 7.80. The molecule has 0 radical (unpaired) electrons. The first-order chi connectivity index (χ1) is 17.7. The van der Waals surface area contributed by atoms with Gasteiger partial charge in [-0.05, 0) is 56.5 Å². The second kappa shape index (κ2) is 16.9. The molecule has 0 saturated carbocycles. The van der Waals surface area contributed by atoms with Crippen molar-refractivity contribution in [3.63, 3.8) is 0 Å². The zero-order valence-electron chi connectivity index (χ0n) is 23.2. The number of hydrogen-bond donors (Lipinski definition) is 1. The zero-order chi connectivity index (χ0) is 25.4. The molecule has 1 amide bonds. The molecule has 2 atom stereocenters. The van der Waals surface area contributed by atoms with Gasteiger partial charge in [0.15, 0.2) is 11.5 Å². The number of nitrogens with one attached hydrogen (secondary N) is 1. The highest BCUT2D eigenvalue weighted by molar-refractivity contribution is 5.78. The largest absolute Gasteiger partial charge is 0.486 e. The first kappa shape index (κ1) is 28.8. The molecule has 1 aromatic carbocycles. The topological polar surface area (TPSA) is 50.8 Å². The first-order valence-corrected chi connectivity index (χ1v) is 15.1. The Morgan fingerprint density at radius 1 is 0.889 bits per heavy atom. The van der Waals surface area contributed by atoms with Crippen molar-refractivity contribution in [2.75, 3.05) is 32.8 Å². The molecule has 204 valence electrons. The molecule has 0 spiro atoms. The molecule has 1 saturated heterocycles. The van der Waals surface area contributed by atoms with Crippen LogP contribution in [0, 0.1) is 5.92 Å². The van der Waals surface area contributed by atoms with Crippen LogP contribution in [0.5, 0.6) is 11.5 Å². The SMILES string of the molecule is CCCCCCCCCCCCCC(C)C(=O)N[C@H](Cc1ccc2c(c1)OCCO2)CN1CCCC1. The van der Waals surface area contributed by atoms with E-state index in [9.17, 15) is 4.79 Å². The molecule has 36 heavy (non-hydrogen) atoms. The van der Waals surface area contributed by atoms with Gasteiger partial charge in [-0.2, -0.15) is 0 Å². The number of amides is 1. The van der Waals surface area contributed by atoms with Crippen molar-refractivity contribution in [3.05, 3.63) is 23.8 Å². The molecule has 1 aromatic rings. The number of fused-ring (bicyclic) bond motifs is 1. The van der Waals surface area contributed by atoms with Crippen LogP contribution in [0.2, 0.25) is 0 Å². The van der Waals surface area contributed by atoms with E-state index in [0.29, 0.717) is 13.2 Å². The maximum absolute atomic E-state index is 13.1. The van der Waals surface area contributed by atoms with E-state index in [-0.39, 0.29) is 17.9 Å². The van der Waals surface area contributed by atoms with Gasteiger partial charge in [-0.3, -0.25) is 4.79 Å². The van der Waals surface area contributed by atoms with Crippen LogP contribution in [0.3, 0.4) is 0 Å². The van der Waals surface area contributed by atoms with Gasteiger partial charge < -0.3 is 19.7 Å². The summed E-state index contributed by atoms with van der Waals surface area (Å²) in [5.74, 6) is 1.94. The molecule has 0 aromatic heterocycles. The molecule has 0 aliphatic carbocycles. The molecule has 0 bridgehead atoms. The molecule has 5 nitrogen and oxygen atoms in total. The van der Waals surface area contributed by atoms with E-state index in [4.69, 9.17) is 9.47 Å². The lowest BCUT2D eigenvalue weighted by atomic mass is 9.99. The quantitative estimate of drug-likeness (QED) is 0.222. The summed E-state index contributed by atoms with van der Waals surface area (Å²) < 4.78 is 11.5. The van der Waals surface area contributed by atoms with Crippen molar-refractivity contribution >= 4 is 5.91 Å². The summed E-state index contributed by atoms with van der Waals surface area (Å²) in [6.07, 6.45) is 19.1. The molecule has 2 aliphatic rings. The Morgan fingerprint density at radius 2 is 1.50 bits per heavy atom. The third-order valence-electron chi connectivity index (χ3n) is 7.80. The average Bonchev–Trinajstić information content (AvgIpc) is 3.40. The fourth-order valence-electron chi connectivity index (χ4n) is 5.53. The van der Waals surface area contributed by atoms with Crippen LogP contribution < -0.4 is 14.8 Å². The van der Waals surface area contributed by atoms with E-state index in [1.54, 1.807) is 0 Å². The van der Waals surface area contributed by atoms with E-state index in [1.165, 1.54) is 82.6 Å². The van der Waals surface area contributed by atoms with E-state index in [2.05, 4.69) is 36.2 Å². The van der Waals surface area contributed by atoms with Gasteiger partial charge in [0, 0.05) is 18.5 Å². The van der Waals surface area contributed by atoms with E-state index in [0.717, 1.165) is 50.4 Å². The van der Waals surface area contributed by atoms with Crippen molar-refractivity contribution in [1.82, 2.24) is 10.2 Å². The molecule has 1 N–H and O–H groups in total. The van der Waals surface area contributed by atoms with Gasteiger partial charge in [0.05, 0.1) is 0 Å². The number of likely N-dealkylation sites (tertiary alicyclic amines) is 1. The summed E-state index contributed by atoms with van der Waals surface area (Å²) in [6.45, 7) is 8.79. The second-order valence-electron chi connectivity index (χ2n) is 11.1. The number of hydrogen-bond acceptors (Lipinski definition) is 4.